The summed E-state index contributed by atoms with van der Waals surface area (Å²) in [5.74, 6) is -1.81. The Bertz CT molecular complexity index is 832. The fraction of sp³-hybridized carbons (Fsp3) is 0.235. The van der Waals surface area contributed by atoms with Crippen LogP contribution >= 0.6 is 0 Å². The Morgan fingerprint density at radius 3 is 2.25 bits per heavy atom. The van der Waals surface area contributed by atoms with Crippen LogP contribution in [0.5, 0.6) is 0 Å². The molecule has 0 saturated heterocycles. The summed E-state index contributed by atoms with van der Waals surface area (Å²) in [4.78, 5) is 11.1. The number of carboxylic acid groups (broad SMARTS) is 1. The van der Waals surface area contributed by atoms with Crippen LogP contribution in [0.25, 0.3) is 0 Å². The van der Waals surface area contributed by atoms with Gasteiger partial charge >= 0.3 is 5.97 Å². The highest BCUT2D eigenvalue weighted by molar-refractivity contribution is 7.93. The van der Waals surface area contributed by atoms with Gasteiger partial charge in [0.1, 0.15) is 10.7 Å². The number of aromatic carboxylic acids is 1. The Morgan fingerprint density at radius 2 is 1.71 bits per heavy atom. The van der Waals surface area contributed by atoms with Gasteiger partial charge in [-0.2, -0.15) is 0 Å². The molecule has 0 aliphatic rings. The molecule has 0 aliphatic carbocycles. The van der Waals surface area contributed by atoms with Gasteiger partial charge in [0.15, 0.2) is 0 Å². The predicted octanol–water partition coefficient (Wildman–Crippen LogP) is 3.38. The number of carbonyl (C=O) groups is 1. The first-order valence-electron chi connectivity index (χ1n) is 7.34. The number of anilines is 1. The van der Waals surface area contributed by atoms with Gasteiger partial charge in [0, 0.05) is 6.54 Å². The second-order valence-electron chi connectivity index (χ2n) is 5.71. The Labute approximate surface area is 140 Å². The van der Waals surface area contributed by atoms with Gasteiger partial charge in [-0.3, -0.25) is 4.31 Å². The minimum atomic E-state index is -4.11. The van der Waals surface area contributed by atoms with Gasteiger partial charge in [0.25, 0.3) is 10.0 Å². The van der Waals surface area contributed by atoms with E-state index >= 15 is 0 Å². The molecule has 0 aliphatic heterocycles. The SMILES string of the molecule is CC(C)CN(c1ccc(F)cc1)S(=O)(=O)c1ccccc1C(=O)O. The minimum absolute atomic E-state index is 0.0122. The number of sulfonamides is 1. The van der Waals surface area contributed by atoms with Crippen LogP contribution in [0.1, 0.15) is 24.2 Å². The topological polar surface area (TPSA) is 74.7 Å². The number of nitrogens with zero attached hydrogens (tertiary/aromatic N) is 1. The summed E-state index contributed by atoms with van der Waals surface area (Å²) in [5, 5.41) is 9.27. The summed E-state index contributed by atoms with van der Waals surface area (Å²) in [5.41, 5.74) is -0.0151. The van der Waals surface area contributed by atoms with E-state index in [2.05, 4.69) is 0 Å². The molecule has 0 fully saturated rings. The van der Waals surface area contributed by atoms with Crippen molar-refractivity contribution < 1.29 is 22.7 Å². The van der Waals surface area contributed by atoms with Crippen LogP contribution in [0.4, 0.5) is 10.1 Å². The first kappa shape index (κ1) is 17.9. The van der Waals surface area contributed by atoms with Gasteiger partial charge in [-0.05, 0) is 42.3 Å². The molecule has 0 spiro atoms. The first-order valence-corrected chi connectivity index (χ1v) is 8.78. The van der Waals surface area contributed by atoms with Gasteiger partial charge < -0.3 is 5.11 Å². The number of rotatable bonds is 6. The average molecular weight is 351 g/mol. The van der Waals surface area contributed by atoms with Gasteiger partial charge in [-0.15, -0.1) is 0 Å². The molecular weight excluding hydrogens is 333 g/mol. The van der Waals surface area contributed by atoms with Crippen LogP contribution in [0.3, 0.4) is 0 Å². The molecule has 0 atom stereocenters. The van der Waals surface area contributed by atoms with Gasteiger partial charge in [-0.1, -0.05) is 26.0 Å². The summed E-state index contributed by atoms with van der Waals surface area (Å²) >= 11 is 0. The second kappa shape index (κ2) is 7.00. The standard InChI is InChI=1S/C17H18FNO4S/c1-12(2)11-19(14-9-7-13(18)8-10-14)24(22,23)16-6-4-3-5-15(16)17(20)21/h3-10,12H,11H2,1-2H3,(H,20,21). The second-order valence-corrected chi connectivity index (χ2v) is 7.54. The monoisotopic (exact) mass is 351 g/mol. The van der Waals surface area contributed by atoms with E-state index in [-0.39, 0.29) is 28.6 Å². The summed E-state index contributed by atoms with van der Waals surface area (Å²) in [6.45, 7) is 3.83. The molecule has 0 unspecified atom stereocenters. The fourth-order valence-electron chi connectivity index (χ4n) is 2.27. The lowest BCUT2D eigenvalue weighted by atomic mass is 10.2. The number of hydrogen-bond donors (Lipinski definition) is 1. The normalized spacial score (nSPS) is 11.5. The Kier molecular flexibility index (Phi) is 5.23. The molecule has 128 valence electrons. The molecule has 0 heterocycles. The Balaban J connectivity index is 2.60. The van der Waals surface area contributed by atoms with Crippen molar-refractivity contribution in [3.05, 3.63) is 59.9 Å². The van der Waals surface area contributed by atoms with Crippen molar-refractivity contribution in [2.75, 3.05) is 10.8 Å². The van der Waals surface area contributed by atoms with Crippen LogP contribution in [0, 0.1) is 11.7 Å². The highest BCUT2D eigenvalue weighted by Gasteiger charge is 2.29. The lowest BCUT2D eigenvalue weighted by molar-refractivity contribution is 0.0692. The molecule has 0 aromatic heterocycles. The van der Waals surface area contributed by atoms with E-state index in [1.807, 2.05) is 13.8 Å². The number of hydrogen-bond acceptors (Lipinski definition) is 3. The summed E-state index contributed by atoms with van der Waals surface area (Å²) < 4.78 is 40.4. The summed E-state index contributed by atoms with van der Waals surface area (Å²) in [6, 6.07) is 10.5. The molecule has 0 radical (unpaired) electrons. The van der Waals surface area contributed by atoms with E-state index in [9.17, 15) is 22.7 Å². The van der Waals surface area contributed by atoms with E-state index in [1.165, 1.54) is 48.5 Å². The molecule has 2 aromatic rings. The lowest BCUT2D eigenvalue weighted by Gasteiger charge is -2.26. The van der Waals surface area contributed by atoms with E-state index in [1.54, 1.807) is 0 Å². The number of carboxylic acids is 1. The van der Waals surface area contributed by atoms with Crippen LogP contribution in [0.2, 0.25) is 0 Å². The zero-order valence-corrected chi connectivity index (χ0v) is 14.1. The van der Waals surface area contributed by atoms with Crippen LogP contribution in [0.15, 0.2) is 53.4 Å². The quantitative estimate of drug-likeness (QED) is 0.866. The highest BCUT2D eigenvalue weighted by Crippen LogP contribution is 2.27. The van der Waals surface area contributed by atoms with E-state index in [0.29, 0.717) is 0 Å². The maximum absolute atomic E-state index is 13.2. The van der Waals surface area contributed by atoms with Crippen molar-refractivity contribution in [3.63, 3.8) is 0 Å². The van der Waals surface area contributed by atoms with Crippen molar-refractivity contribution in [2.24, 2.45) is 5.92 Å². The molecule has 2 aromatic carbocycles. The van der Waals surface area contributed by atoms with E-state index in [4.69, 9.17) is 0 Å². The third-order valence-corrected chi connectivity index (χ3v) is 5.18. The van der Waals surface area contributed by atoms with E-state index in [0.717, 1.165) is 4.31 Å². The summed E-state index contributed by atoms with van der Waals surface area (Å²) in [6.07, 6.45) is 0. The highest BCUT2D eigenvalue weighted by atomic mass is 32.2. The number of halogens is 1. The molecule has 7 heteroatoms. The van der Waals surface area contributed by atoms with Crippen molar-refractivity contribution in [3.8, 4) is 0 Å². The fourth-order valence-corrected chi connectivity index (χ4v) is 4.08. The molecule has 24 heavy (non-hydrogen) atoms. The van der Waals surface area contributed by atoms with Crippen LogP contribution in [-0.4, -0.2) is 26.0 Å². The van der Waals surface area contributed by atoms with Crippen molar-refractivity contribution >= 4 is 21.7 Å². The Morgan fingerprint density at radius 1 is 1.12 bits per heavy atom. The largest absolute Gasteiger partial charge is 0.478 e. The van der Waals surface area contributed by atoms with Crippen molar-refractivity contribution in [2.45, 2.75) is 18.7 Å². The number of benzene rings is 2. The molecular formula is C17H18FNO4S. The molecule has 0 bridgehead atoms. The van der Waals surface area contributed by atoms with Crippen LogP contribution < -0.4 is 4.31 Å². The molecule has 0 saturated carbocycles. The zero-order valence-electron chi connectivity index (χ0n) is 13.3. The molecule has 1 N–H and O–H groups in total. The van der Waals surface area contributed by atoms with E-state index < -0.39 is 21.8 Å². The first-order chi connectivity index (χ1) is 11.2. The van der Waals surface area contributed by atoms with Gasteiger partial charge in [0.2, 0.25) is 0 Å². The zero-order chi connectivity index (χ0) is 17.9. The Hall–Kier alpha value is -2.41. The van der Waals surface area contributed by atoms with Crippen LogP contribution in [-0.2, 0) is 10.0 Å². The van der Waals surface area contributed by atoms with Gasteiger partial charge in [0.05, 0.1) is 11.3 Å². The van der Waals surface area contributed by atoms with Gasteiger partial charge in [-0.25, -0.2) is 17.6 Å². The third-order valence-electron chi connectivity index (χ3n) is 3.33. The third kappa shape index (κ3) is 3.73. The molecule has 2 rings (SSSR count). The maximum atomic E-state index is 13.2. The maximum Gasteiger partial charge on any atom is 0.337 e. The summed E-state index contributed by atoms with van der Waals surface area (Å²) in [7, 11) is -4.11. The molecule has 0 amide bonds. The van der Waals surface area contributed by atoms with Crippen molar-refractivity contribution in [1.82, 2.24) is 0 Å². The van der Waals surface area contributed by atoms with Crippen molar-refractivity contribution in [1.29, 1.82) is 0 Å². The molecule has 5 nitrogen and oxygen atoms in total. The lowest BCUT2D eigenvalue weighted by Crippen LogP contribution is -2.35. The minimum Gasteiger partial charge on any atom is -0.478 e. The smallest absolute Gasteiger partial charge is 0.337 e. The average Bonchev–Trinajstić information content (AvgIpc) is 2.53. The predicted molar refractivity (Wildman–Crippen MR) is 89.2 cm³/mol.